The van der Waals surface area contributed by atoms with Crippen LogP contribution in [-0.2, 0) is 12.0 Å². The normalized spacial score (nSPS) is 14.6. The number of nitrogens with zero attached hydrogens (tertiary/aromatic N) is 1. The van der Waals surface area contributed by atoms with Gasteiger partial charge < -0.3 is 5.11 Å². The van der Waals surface area contributed by atoms with Gasteiger partial charge >= 0.3 is 0 Å². The lowest BCUT2D eigenvalue weighted by Crippen LogP contribution is -2.24. The lowest BCUT2D eigenvalue weighted by molar-refractivity contribution is 0.0575. The SMILES string of the molecule is Cc1csc(CC(C)(O)c2ccc(Br)cc2)n1. The van der Waals surface area contributed by atoms with Gasteiger partial charge in [0.2, 0.25) is 0 Å². The van der Waals surface area contributed by atoms with Gasteiger partial charge in [-0.3, -0.25) is 0 Å². The Morgan fingerprint density at radius 3 is 2.53 bits per heavy atom. The van der Waals surface area contributed by atoms with Crippen molar-refractivity contribution < 1.29 is 5.11 Å². The van der Waals surface area contributed by atoms with Crippen LogP contribution in [0.15, 0.2) is 34.1 Å². The third-order valence-electron chi connectivity index (χ3n) is 2.63. The summed E-state index contributed by atoms with van der Waals surface area (Å²) in [5.41, 5.74) is 1.05. The topological polar surface area (TPSA) is 33.1 Å². The van der Waals surface area contributed by atoms with Crippen LogP contribution in [0, 0.1) is 6.92 Å². The maximum Gasteiger partial charge on any atom is 0.0960 e. The molecule has 0 amide bonds. The minimum absolute atomic E-state index is 0.549. The van der Waals surface area contributed by atoms with Gasteiger partial charge in [0.1, 0.15) is 0 Å². The van der Waals surface area contributed by atoms with Gasteiger partial charge in [-0.2, -0.15) is 0 Å². The van der Waals surface area contributed by atoms with Crippen molar-refractivity contribution in [3.63, 3.8) is 0 Å². The van der Waals surface area contributed by atoms with E-state index in [2.05, 4.69) is 20.9 Å². The van der Waals surface area contributed by atoms with Crippen LogP contribution in [0.4, 0.5) is 0 Å². The zero-order valence-electron chi connectivity index (χ0n) is 9.77. The molecule has 1 N–H and O–H groups in total. The highest BCUT2D eigenvalue weighted by Crippen LogP contribution is 2.27. The van der Waals surface area contributed by atoms with Gasteiger partial charge in [0.05, 0.1) is 10.6 Å². The zero-order chi connectivity index (χ0) is 12.5. The first-order chi connectivity index (χ1) is 7.97. The van der Waals surface area contributed by atoms with Crippen molar-refractivity contribution in [3.8, 4) is 0 Å². The third kappa shape index (κ3) is 3.15. The first kappa shape index (κ1) is 12.7. The van der Waals surface area contributed by atoms with Crippen LogP contribution in [-0.4, -0.2) is 10.1 Å². The van der Waals surface area contributed by atoms with Crippen molar-refractivity contribution in [2.24, 2.45) is 0 Å². The van der Waals surface area contributed by atoms with Crippen molar-refractivity contribution in [3.05, 3.63) is 50.4 Å². The number of hydrogen-bond donors (Lipinski definition) is 1. The molecular formula is C13H14BrNOS. The Balaban J connectivity index is 2.21. The number of hydrogen-bond acceptors (Lipinski definition) is 3. The number of rotatable bonds is 3. The second kappa shape index (κ2) is 4.88. The largest absolute Gasteiger partial charge is 0.385 e. The summed E-state index contributed by atoms with van der Waals surface area (Å²) in [6.07, 6.45) is 0.549. The van der Waals surface area contributed by atoms with E-state index < -0.39 is 5.60 Å². The maximum absolute atomic E-state index is 10.5. The standard InChI is InChI=1S/C13H14BrNOS/c1-9-8-17-12(15-9)7-13(2,16)10-3-5-11(14)6-4-10/h3-6,8,16H,7H2,1-2H3. The van der Waals surface area contributed by atoms with Crippen molar-refractivity contribution >= 4 is 27.3 Å². The molecule has 0 aliphatic rings. The molecule has 0 aliphatic carbocycles. The molecule has 0 aliphatic heterocycles. The van der Waals surface area contributed by atoms with Gasteiger partial charge in [-0.15, -0.1) is 11.3 Å². The van der Waals surface area contributed by atoms with Crippen LogP contribution in [0.5, 0.6) is 0 Å². The van der Waals surface area contributed by atoms with E-state index in [9.17, 15) is 5.11 Å². The van der Waals surface area contributed by atoms with E-state index in [4.69, 9.17) is 0 Å². The van der Waals surface area contributed by atoms with Gasteiger partial charge in [0, 0.05) is 22.0 Å². The molecule has 0 fully saturated rings. The smallest absolute Gasteiger partial charge is 0.0960 e. The summed E-state index contributed by atoms with van der Waals surface area (Å²) in [6, 6.07) is 7.75. The fourth-order valence-electron chi connectivity index (χ4n) is 1.69. The van der Waals surface area contributed by atoms with Crippen LogP contribution < -0.4 is 0 Å². The van der Waals surface area contributed by atoms with Crippen LogP contribution >= 0.6 is 27.3 Å². The van der Waals surface area contributed by atoms with E-state index in [1.165, 1.54) is 0 Å². The summed E-state index contributed by atoms with van der Waals surface area (Å²) < 4.78 is 1.02. The van der Waals surface area contributed by atoms with E-state index >= 15 is 0 Å². The van der Waals surface area contributed by atoms with Crippen LogP contribution in [0.25, 0.3) is 0 Å². The molecule has 1 unspecified atom stereocenters. The molecule has 2 rings (SSSR count). The molecule has 1 aromatic heterocycles. The molecule has 0 saturated heterocycles. The Hall–Kier alpha value is -0.710. The molecule has 17 heavy (non-hydrogen) atoms. The second-order valence-electron chi connectivity index (χ2n) is 4.34. The van der Waals surface area contributed by atoms with E-state index in [-0.39, 0.29) is 0 Å². The maximum atomic E-state index is 10.5. The number of thiazole rings is 1. The number of aryl methyl sites for hydroxylation is 1. The number of aromatic nitrogens is 1. The van der Waals surface area contributed by atoms with Crippen LogP contribution in [0.1, 0.15) is 23.2 Å². The highest BCUT2D eigenvalue weighted by atomic mass is 79.9. The molecule has 0 saturated carbocycles. The van der Waals surface area contributed by atoms with E-state index in [0.29, 0.717) is 6.42 Å². The molecule has 0 bridgehead atoms. The van der Waals surface area contributed by atoms with Gasteiger partial charge in [0.15, 0.2) is 0 Å². The molecule has 2 nitrogen and oxygen atoms in total. The fraction of sp³-hybridized carbons (Fsp3) is 0.308. The summed E-state index contributed by atoms with van der Waals surface area (Å²) in [6.45, 7) is 3.79. The summed E-state index contributed by atoms with van der Waals surface area (Å²) in [5.74, 6) is 0. The second-order valence-corrected chi connectivity index (χ2v) is 6.20. The van der Waals surface area contributed by atoms with Crippen LogP contribution in [0.2, 0.25) is 0 Å². The highest BCUT2D eigenvalue weighted by Gasteiger charge is 2.24. The Morgan fingerprint density at radius 1 is 1.35 bits per heavy atom. The summed E-state index contributed by atoms with van der Waals surface area (Å²) in [7, 11) is 0. The Morgan fingerprint density at radius 2 is 2.00 bits per heavy atom. The average molecular weight is 312 g/mol. The predicted molar refractivity (Wildman–Crippen MR) is 74.3 cm³/mol. The van der Waals surface area contributed by atoms with Crippen molar-refractivity contribution in [2.45, 2.75) is 25.9 Å². The number of halogens is 1. The molecule has 1 heterocycles. The van der Waals surface area contributed by atoms with Crippen molar-refractivity contribution in [1.82, 2.24) is 4.98 Å². The Labute approximate surface area is 113 Å². The number of aliphatic hydroxyl groups is 1. The molecular weight excluding hydrogens is 298 g/mol. The zero-order valence-corrected chi connectivity index (χ0v) is 12.2. The van der Waals surface area contributed by atoms with Gasteiger partial charge in [0.25, 0.3) is 0 Å². The molecule has 1 aromatic carbocycles. The van der Waals surface area contributed by atoms with Gasteiger partial charge in [-0.1, -0.05) is 28.1 Å². The minimum Gasteiger partial charge on any atom is -0.385 e. The van der Waals surface area contributed by atoms with Crippen LogP contribution in [0.3, 0.4) is 0 Å². The molecule has 0 spiro atoms. The fourth-order valence-corrected chi connectivity index (χ4v) is 2.87. The molecule has 1 atom stereocenters. The first-order valence-electron chi connectivity index (χ1n) is 5.37. The van der Waals surface area contributed by atoms with E-state index in [0.717, 1.165) is 20.7 Å². The average Bonchev–Trinajstić information content (AvgIpc) is 2.63. The lowest BCUT2D eigenvalue weighted by Gasteiger charge is -2.22. The number of benzene rings is 1. The van der Waals surface area contributed by atoms with Crippen molar-refractivity contribution in [2.75, 3.05) is 0 Å². The molecule has 90 valence electrons. The van der Waals surface area contributed by atoms with Gasteiger partial charge in [-0.05, 0) is 31.5 Å². The summed E-state index contributed by atoms with van der Waals surface area (Å²) in [4.78, 5) is 4.39. The molecule has 2 aromatic rings. The van der Waals surface area contributed by atoms with E-state index in [1.54, 1.807) is 11.3 Å². The predicted octanol–water partition coefficient (Wildman–Crippen LogP) is 3.66. The quantitative estimate of drug-likeness (QED) is 0.938. The highest BCUT2D eigenvalue weighted by molar-refractivity contribution is 9.10. The molecule has 4 heteroatoms. The molecule has 0 radical (unpaired) electrons. The monoisotopic (exact) mass is 311 g/mol. The van der Waals surface area contributed by atoms with Gasteiger partial charge in [-0.25, -0.2) is 4.98 Å². The Bertz CT molecular complexity index is 504. The minimum atomic E-state index is -0.870. The van der Waals surface area contributed by atoms with E-state index in [1.807, 2.05) is 43.5 Å². The summed E-state index contributed by atoms with van der Waals surface area (Å²) in [5, 5.41) is 13.5. The Kier molecular flexibility index (Phi) is 3.66. The third-order valence-corrected chi connectivity index (χ3v) is 4.12. The summed E-state index contributed by atoms with van der Waals surface area (Å²) >= 11 is 4.98. The van der Waals surface area contributed by atoms with Crippen molar-refractivity contribution in [1.29, 1.82) is 0 Å². The lowest BCUT2D eigenvalue weighted by atomic mass is 9.93. The first-order valence-corrected chi connectivity index (χ1v) is 7.04.